The van der Waals surface area contributed by atoms with Crippen LogP contribution in [0.1, 0.15) is 17.0 Å². The van der Waals surface area contributed by atoms with Gasteiger partial charge in [0.1, 0.15) is 0 Å². The van der Waals surface area contributed by atoms with Crippen molar-refractivity contribution in [2.45, 2.75) is 26.9 Å². The lowest BCUT2D eigenvalue weighted by Crippen LogP contribution is -2.51. The molecule has 1 saturated heterocycles. The Morgan fingerprint density at radius 2 is 1.86 bits per heavy atom. The molecule has 0 spiro atoms. The summed E-state index contributed by atoms with van der Waals surface area (Å²) in [7, 11) is 1.70. The van der Waals surface area contributed by atoms with Crippen molar-refractivity contribution >= 4 is 23.2 Å². The van der Waals surface area contributed by atoms with Gasteiger partial charge in [0.2, 0.25) is 0 Å². The van der Waals surface area contributed by atoms with Crippen molar-refractivity contribution in [3.8, 4) is 0 Å². The van der Waals surface area contributed by atoms with Gasteiger partial charge in [-0.3, -0.25) is 4.68 Å². The predicted octanol–water partition coefficient (Wildman–Crippen LogP) is 2.44. The Bertz CT molecular complexity index is 809. The molecule has 0 saturated carbocycles. The highest BCUT2D eigenvalue weighted by Crippen LogP contribution is 2.19. The average molecular weight is 405 g/mol. The number of hydrogen-bond donors (Lipinski definition) is 1. The molecule has 1 aliphatic rings. The van der Waals surface area contributed by atoms with Crippen LogP contribution in [-0.2, 0) is 17.8 Å². The molecular formula is C20H29ClN6O. The molecule has 2 heterocycles. The van der Waals surface area contributed by atoms with Gasteiger partial charge in [0.15, 0.2) is 5.96 Å². The van der Waals surface area contributed by atoms with E-state index in [1.807, 2.05) is 23.7 Å². The molecule has 8 heteroatoms. The number of guanidine groups is 1. The molecule has 2 aromatic rings. The van der Waals surface area contributed by atoms with Crippen LogP contribution < -0.4 is 10.6 Å². The van der Waals surface area contributed by atoms with E-state index in [0.29, 0.717) is 19.1 Å². The second-order valence-corrected chi connectivity index (χ2v) is 7.43. The van der Waals surface area contributed by atoms with Gasteiger partial charge in [-0.25, -0.2) is 4.99 Å². The van der Waals surface area contributed by atoms with Crippen molar-refractivity contribution in [1.82, 2.24) is 14.7 Å². The van der Waals surface area contributed by atoms with Gasteiger partial charge < -0.3 is 20.3 Å². The normalized spacial score (nSPS) is 15.4. The van der Waals surface area contributed by atoms with E-state index in [-0.39, 0.29) is 0 Å². The standard InChI is InChI=1S/C20H29ClN6O/c1-15-19(16(2)27(24-15)12-13-28-3)14-23-20(22)26-10-8-25(9-11-26)18-6-4-17(21)5-7-18/h4-7H,8-14H2,1-3H3,(H2,22,23). The minimum Gasteiger partial charge on any atom is -0.383 e. The topological polar surface area (TPSA) is 71.9 Å². The van der Waals surface area contributed by atoms with Crippen LogP contribution >= 0.6 is 11.6 Å². The number of anilines is 1. The summed E-state index contributed by atoms with van der Waals surface area (Å²) in [5.41, 5.74) is 10.7. The van der Waals surface area contributed by atoms with E-state index in [1.165, 1.54) is 5.69 Å². The third-order valence-electron chi connectivity index (χ3n) is 5.23. The second-order valence-electron chi connectivity index (χ2n) is 6.99. The number of ether oxygens (including phenoxy) is 1. The number of aromatic nitrogens is 2. The lowest BCUT2D eigenvalue weighted by molar-refractivity contribution is 0.182. The molecule has 0 bridgehead atoms. The lowest BCUT2D eigenvalue weighted by atomic mass is 10.2. The maximum Gasteiger partial charge on any atom is 0.191 e. The number of rotatable bonds is 6. The van der Waals surface area contributed by atoms with Gasteiger partial charge in [-0.2, -0.15) is 5.10 Å². The number of halogens is 1. The molecule has 152 valence electrons. The molecule has 28 heavy (non-hydrogen) atoms. The van der Waals surface area contributed by atoms with Crippen molar-refractivity contribution in [3.05, 3.63) is 46.2 Å². The fourth-order valence-electron chi connectivity index (χ4n) is 3.46. The van der Waals surface area contributed by atoms with Crippen molar-refractivity contribution in [2.24, 2.45) is 10.7 Å². The smallest absolute Gasteiger partial charge is 0.191 e. The maximum atomic E-state index is 6.28. The third-order valence-corrected chi connectivity index (χ3v) is 5.49. The molecule has 1 fully saturated rings. The molecule has 0 atom stereocenters. The zero-order chi connectivity index (χ0) is 20.1. The molecule has 3 rings (SSSR count). The van der Waals surface area contributed by atoms with Crippen LogP contribution in [-0.4, -0.2) is 60.5 Å². The van der Waals surface area contributed by atoms with Crippen LogP contribution in [0.3, 0.4) is 0 Å². The number of aryl methyl sites for hydroxylation is 1. The molecule has 1 aliphatic heterocycles. The molecule has 1 aromatic carbocycles. The molecule has 7 nitrogen and oxygen atoms in total. The molecule has 1 aromatic heterocycles. The Labute approximate surface area is 171 Å². The number of benzene rings is 1. The highest BCUT2D eigenvalue weighted by atomic mass is 35.5. The number of hydrogen-bond acceptors (Lipinski definition) is 4. The predicted molar refractivity (Wildman–Crippen MR) is 114 cm³/mol. The molecular weight excluding hydrogens is 376 g/mol. The summed E-state index contributed by atoms with van der Waals surface area (Å²) in [6, 6.07) is 7.97. The van der Waals surface area contributed by atoms with E-state index < -0.39 is 0 Å². The summed E-state index contributed by atoms with van der Waals surface area (Å²) in [5.74, 6) is 0.596. The van der Waals surface area contributed by atoms with Crippen LogP contribution in [0.5, 0.6) is 0 Å². The van der Waals surface area contributed by atoms with E-state index in [1.54, 1.807) is 7.11 Å². The van der Waals surface area contributed by atoms with Crippen LogP contribution in [0.4, 0.5) is 5.69 Å². The van der Waals surface area contributed by atoms with Gasteiger partial charge in [0.05, 0.1) is 25.4 Å². The van der Waals surface area contributed by atoms with Crippen LogP contribution in [0, 0.1) is 13.8 Å². The maximum absolute atomic E-state index is 6.28. The Kier molecular flexibility index (Phi) is 6.80. The van der Waals surface area contributed by atoms with E-state index in [2.05, 4.69) is 38.9 Å². The summed E-state index contributed by atoms with van der Waals surface area (Å²) in [6.07, 6.45) is 0. The summed E-state index contributed by atoms with van der Waals surface area (Å²) in [4.78, 5) is 9.13. The lowest BCUT2D eigenvalue weighted by Gasteiger charge is -2.36. The van der Waals surface area contributed by atoms with Crippen molar-refractivity contribution in [1.29, 1.82) is 0 Å². The zero-order valence-corrected chi connectivity index (χ0v) is 17.6. The quantitative estimate of drug-likeness (QED) is 0.591. The van der Waals surface area contributed by atoms with Gasteiger partial charge in [-0.05, 0) is 38.1 Å². The number of aliphatic imine (C=N–C) groups is 1. The number of piperazine rings is 1. The first-order valence-corrected chi connectivity index (χ1v) is 9.94. The monoisotopic (exact) mass is 404 g/mol. The van der Waals surface area contributed by atoms with Crippen LogP contribution in [0.25, 0.3) is 0 Å². The van der Waals surface area contributed by atoms with Crippen molar-refractivity contribution in [2.75, 3.05) is 44.8 Å². The molecule has 2 N–H and O–H groups in total. The van der Waals surface area contributed by atoms with Crippen LogP contribution in [0.15, 0.2) is 29.3 Å². The number of nitrogens with zero attached hydrogens (tertiary/aromatic N) is 5. The summed E-state index contributed by atoms with van der Waals surface area (Å²) < 4.78 is 7.13. The van der Waals surface area contributed by atoms with E-state index in [4.69, 9.17) is 22.1 Å². The van der Waals surface area contributed by atoms with Gasteiger partial charge in [0, 0.05) is 55.3 Å². The van der Waals surface area contributed by atoms with E-state index >= 15 is 0 Å². The first kappa shape index (κ1) is 20.5. The largest absolute Gasteiger partial charge is 0.383 e. The number of methoxy groups -OCH3 is 1. The van der Waals surface area contributed by atoms with Crippen LogP contribution in [0.2, 0.25) is 5.02 Å². The molecule has 0 radical (unpaired) electrons. The van der Waals surface area contributed by atoms with Gasteiger partial charge in [0.25, 0.3) is 0 Å². The summed E-state index contributed by atoms with van der Waals surface area (Å²) in [6.45, 7) is 9.54. The molecule has 0 aliphatic carbocycles. The molecule has 0 amide bonds. The fraction of sp³-hybridized carbons (Fsp3) is 0.500. The summed E-state index contributed by atoms with van der Waals surface area (Å²) >= 11 is 5.98. The first-order chi connectivity index (χ1) is 13.5. The van der Waals surface area contributed by atoms with Gasteiger partial charge >= 0.3 is 0 Å². The second kappa shape index (κ2) is 9.30. The van der Waals surface area contributed by atoms with E-state index in [0.717, 1.165) is 54.7 Å². The molecule has 0 unspecified atom stereocenters. The number of nitrogens with two attached hydrogens (primary N) is 1. The third kappa shape index (κ3) is 4.77. The Morgan fingerprint density at radius 3 is 2.50 bits per heavy atom. The SMILES string of the molecule is COCCn1nc(C)c(CN=C(N)N2CCN(c3ccc(Cl)cc3)CC2)c1C. The minimum atomic E-state index is 0.549. The Balaban J connectivity index is 1.58. The fourth-order valence-corrected chi connectivity index (χ4v) is 3.59. The minimum absolute atomic E-state index is 0.549. The Morgan fingerprint density at radius 1 is 1.18 bits per heavy atom. The van der Waals surface area contributed by atoms with Crippen molar-refractivity contribution in [3.63, 3.8) is 0 Å². The van der Waals surface area contributed by atoms with E-state index in [9.17, 15) is 0 Å². The highest BCUT2D eigenvalue weighted by molar-refractivity contribution is 6.30. The zero-order valence-electron chi connectivity index (χ0n) is 16.9. The first-order valence-electron chi connectivity index (χ1n) is 9.56. The Hall–Kier alpha value is -2.25. The average Bonchev–Trinajstić information content (AvgIpc) is 2.98. The summed E-state index contributed by atoms with van der Waals surface area (Å²) in [5, 5.41) is 5.34. The van der Waals surface area contributed by atoms with Gasteiger partial charge in [-0.1, -0.05) is 11.6 Å². The van der Waals surface area contributed by atoms with Crippen molar-refractivity contribution < 1.29 is 4.74 Å². The van der Waals surface area contributed by atoms with Gasteiger partial charge in [-0.15, -0.1) is 0 Å². The highest BCUT2D eigenvalue weighted by Gasteiger charge is 2.19.